The lowest BCUT2D eigenvalue weighted by molar-refractivity contribution is -0.139. The van der Waals surface area contributed by atoms with Crippen molar-refractivity contribution < 1.29 is 27.4 Å². The molecule has 35 heavy (non-hydrogen) atoms. The van der Waals surface area contributed by atoms with E-state index in [1.165, 1.54) is 12.1 Å². The Balaban J connectivity index is 1.53. The van der Waals surface area contributed by atoms with Gasteiger partial charge in [-0.25, -0.2) is 4.79 Å². The van der Waals surface area contributed by atoms with Gasteiger partial charge in [-0.3, -0.25) is 0 Å². The fourth-order valence-corrected chi connectivity index (χ4v) is 2.72. The highest BCUT2D eigenvalue weighted by molar-refractivity contribution is 5.86. The monoisotopic (exact) mass is 474 g/mol. The van der Waals surface area contributed by atoms with Crippen molar-refractivity contribution in [1.29, 1.82) is 0 Å². The lowest BCUT2D eigenvalue weighted by Crippen LogP contribution is -2.12. The molecule has 0 fully saturated rings. The first-order valence-corrected chi connectivity index (χ1v) is 10.6. The third-order valence-electron chi connectivity index (χ3n) is 4.59. The SMILES string of the molecule is C=C(C)C(=O)OCCOc1ccc(C#Cc2ccc(C#Cc3ccc(C(F)(F)F)cc3)cc2)cc1. The van der Waals surface area contributed by atoms with Crippen LogP contribution >= 0.6 is 0 Å². The van der Waals surface area contributed by atoms with Crippen molar-refractivity contribution in [2.45, 2.75) is 13.1 Å². The Morgan fingerprint density at radius 2 is 1.14 bits per heavy atom. The van der Waals surface area contributed by atoms with Crippen LogP contribution < -0.4 is 4.74 Å². The minimum atomic E-state index is -4.36. The van der Waals surface area contributed by atoms with E-state index in [2.05, 4.69) is 30.3 Å². The van der Waals surface area contributed by atoms with Gasteiger partial charge in [0.1, 0.15) is 19.0 Å². The Labute approximate surface area is 202 Å². The van der Waals surface area contributed by atoms with Crippen molar-refractivity contribution in [2.75, 3.05) is 13.2 Å². The Kier molecular flexibility index (Phi) is 8.38. The summed E-state index contributed by atoms with van der Waals surface area (Å²) in [6.45, 7) is 5.46. The summed E-state index contributed by atoms with van der Waals surface area (Å²) in [6, 6.07) is 19.2. The topological polar surface area (TPSA) is 35.5 Å². The molecule has 0 amide bonds. The normalized spacial score (nSPS) is 10.3. The molecule has 176 valence electrons. The zero-order valence-corrected chi connectivity index (χ0v) is 18.9. The van der Waals surface area contributed by atoms with E-state index in [1.807, 2.05) is 24.3 Å². The van der Waals surface area contributed by atoms with Crippen LogP contribution in [-0.4, -0.2) is 19.2 Å². The van der Waals surface area contributed by atoms with Crippen LogP contribution in [0.15, 0.2) is 84.9 Å². The standard InChI is InChI=1S/C29H21F3O3/c1-21(2)28(33)35-20-19-34-27-17-13-25(14-18-27)10-8-23-5-3-22(4-6-23)7-9-24-11-15-26(16-12-24)29(30,31)32/h3-6,11-18H,1,19-20H2,2H3. The van der Waals surface area contributed by atoms with Crippen LogP contribution in [-0.2, 0) is 15.7 Å². The Bertz CT molecular complexity index is 1300. The predicted molar refractivity (Wildman–Crippen MR) is 128 cm³/mol. The molecule has 3 aromatic carbocycles. The number of carbonyl (C=O) groups is 1. The van der Waals surface area contributed by atoms with Crippen molar-refractivity contribution in [3.63, 3.8) is 0 Å². The average Bonchev–Trinajstić information content (AvgIpc) is 2.85. The van der Waals surface area contributed by atoms with Crippen LogP contribution in [0.25, 0.3) is 0 Å². The summed E-state index contributed by atoms with van der Waals surface area (Å²) in [5.74, 6) is 12.1. The third kappa shape index (κ3) is 8.14. The molecule has 0 radical (unpaired) electrons. The lowest BCUT2D eigenvalue weighted by Gasteiger charge is -2.07. The van der Waals surface area contributed by atoms with Crippen LogP contribution in [0.3, 0.4) is 0 Å². The molecule has 0 N–H and O–H groups in total. The number of carbonyl (C=O) groups excluding carboxylic acids is 1. The second kappa shape index (κ2) is 11.6. The van der Waals surface area contributed by atoms with Gasteiger partial charge in [-0.15, -0.1) is 0 Å². The second-order valence-electron chi connectivity index (χ2n) is 7.44. The molecule has 0 aliphatic heterocycles. The van der Waals surface area contributed by atoms with Gasteiger partial charge in [0.2, 0.25) is 0 Å². The molecule has 0 unspecified atom stereocenters. The van der Waals surface area contributed by atoms with Crippen LogP contribution in [0.4, 0.5) is 13.2 Å². The highest BCUT2D eigenvalue weighted by Crippen LogP contribution is 2.28. The summed E-state index contributed by atoms with van der Waals surface area (Å²) in [6.07, 6.45) is -4.36. The number of rotatable bonds is 5. The highest BCUT2D eigenvalue weighted by Gasteiger charge is 2.29. The zero-order chi connectivity index (χ0) is 25.3. The third-order valence-corrected chi connectivity index (χ3v) is 4.59. The largest absolute Gasteiger partial charge is 0.490 e. The molecule has 0 aromatic heterocycles. The summed E-state index contributed by atoms with van der Waals surface area (Å²) in [7, 11) is 0. The van der Waals surface area contributed by atoms with Gasteiger partial charge in [0, 0.05) is 27.8 Å². The first kappa shape index (κ1) is 25.2. The number of halogens is 3. The fraction of sp³-hybridized carbons (Fsp3) is 0.138. The summed E-state index contributed by atoms with van der Waals surface area (Å²) in [5.41, 5.74) is 2.47. The van der Waals surface area contributed by atoms with Crippen molar-refractivity contribution in [3.05, 3.63) is 113 Å². The first-order valence-electron chi connectivity index (χ1n) is 10.6. The number of ether oxygens (including phenoxy) is 2. The molecule has 0 spiro atoms. The number of hydrogen-bond acceptors (Lipinski definition) is 3. The molecule has 3 nitrogen and oxygen atoms in total. The Hall–Kier alpha value is -4.42. The number of benzene rings is 3. The fourth-order valence-electron chi connectivity index (χ4n) is 2.72. The van der Waals surface area contributed by atoms with E-state index in [0.29, 0.717) is 16.9 Å². The molecule has 3 rings (SSSR count). The van der Waals surface area contributed by atoms with Crippen molar-refractivity contribution in [2.24, 2.45) is 0 Å². The Morgan fingerprint density at radius 1 is 0.743 bits per heavy atom. The molecule has 0 heterocycles. The lowest BCUT2D eigenvalue weighted by atomic mass is 10.1. The summed E-state index contributed by atoms with van der Waals surface area (Å²) in [5, 5.41) is 0. The number of hydrogen-bond donors (Lipinski definition) is 0. The van der Waals surface area contributed by atoms with Gasteiger partial charge in [0.15, 0.2) is 0 Å². The second-order valence-corrected chi connectivity index (χ2v) is 7.44. The number of esters is 1. The summed E-state index contributed by atoms with van der Waals surface area (Å²) >= 11 is 0. The summed E-state index contributed by atoms with van der Waals surface area (Å²) < 4.78 is 48.4. The van der Waals surface area contributed by atoms with Crippen molar-refractivity contribution in [3.8, 4) is 29.4 Å². The van der Waals surface area contributed by atoms with Gasteiger partial charge < -0.3 is 9.47 Å². The van der Waals surface area contributed by atoms with E-state index in [9.17, 15) is 18.0 Å². The molecular weight excluding hydrogens is 453 g/mol. The molecule has 3 aromatic rings. The smallest absolute Gasteiger partial charge is 0.416 e. The maximum Gasteiger partial charge on any atom is 0.416 e. The molecule has 0 atom stereocenters. The van der Waals surface area contributed by atoms with Gasteiger partial charge in [-0.1, -0.05) is 30.3 Å². The van der Waals surface area contributed by atoms with Gasteiger partial charge in [-0.05, 0) is 79.7 Å². The van der Waals surface area contributed by atoms with Gasteiger partial charge in [0.25, 0.3) is 0 Å². The van der Waals surface area contributed by atoms with E-state index in [4.69, 9.17) is 9.47 Å². The molecule has 0 aliphatic rings. The van der Waals surface area contributed by atoms with Gasteiger partial charge in [-0.2, -0.15) is 13.2 Å². The van der Waals surface area contributed by atoms with Crippen LogP contribution in [0, 0.1) is 23.7 Å². The Morgan fingerprint density at radius 3 is 1.54 bits per heavy atom. The molecular formula is C29H21F3O3. The maximum absolute atomic E-state index is 12.6. The average molecular weight is 474 g/mol. The quantitative estimate of drug-likeness (QED) is 0.197. The van der Waals surface area contributed by atoms with Crippen LogP contribution in [0.1, 0.15) is 34.7 Å². The maximum atomic E-state index is 12.6. The van der Waals surface area contributed by atoms with Crippen molar-refractivity contribution in [1.82, 2.24) is 0 Å². The number of alkyl halides is 3. The minimum Gasteiger partial charge on any atom is -0.490 e. The van der Waals surface area contributed by atoms with E-state index < -0.39 is 17.7 Å². The highest BCUT2D eigenvalue weighted by atomic mass is 19.4. The predicted octanol–water partition coefficient (Wildman–Crippen LogP) is 6.00. The van der Waals surface area contributed by atoms with Crippen molar-refractivity contribution >= 4 is 5.97 Å². The van der Waals surface area contributed by atoms with Crippen LogP contribution in [0.2, 0.25) is 0 Å². The summed E-state index contributed by atoms with van der Waals surface area (Å²) in [4.78, 5) is 11.3. The molecule has 0 bridgehead atoms. The molecule has 0 saturated carbocycles. The van der Waals surface area contributed by atoms with Crippen LogP contribution in [0.5, 0.6) is 5.75 Å². The molecule has 0 saturated heterocycles. The minimum absolute atomic E-state index is 0.137. The van der Waals surface area contributed by atoms with E-state index in [1.54, 1.807) is 31.2 Å². The first-order chi connectivity index (χ1) is 16.7. The van der Waals surface area contributed by atoms with E-state index in [-0.39, 0.29) is 13.2 Å². The van der Waals surface area contributed by atoms with Gasteiger partial charge >= 0.3 is 12.1 Å². The van der Waals surface area contributed by atoms with E-state index in [0.717, 1.165) is 28.8 Å². The van der Waals surface area contributed by atoms with E-state index >= 15 is 0 Å². The molecule has 6 heteroatoms. The molecule has 0 aliphatic carbocycles. The van der Waals surface area contributed by atoms with Gasteiger partial charge in [0.05, 0.1) is 5.56 Å². The zero-order valence-electron chi connectivity index (χ0n) is 18.9.